The molecular weight excluding hydrogens is 298 g/mol. The molecule has 0 spiro atoms. The summed E-state index contributed by atoms with van der Waals surface area (Å²) in [6.07, 6.45) is 0. The van der Waals surface area contributed by atoms with Gasteiger partial charge in [-0.15, -0.1) is 16.4 Å². The quantitative estimate of drug-likeness (QED) is 0.803. The molecule has 0 aliphatic heterocycles. The SMILES string of the molecule is CCN(CC)C(=O)Nc1nc2scc(-c3ccccc3)n2n1. The number of aromatic nitrogens is 3. The van der Waals surface area contributed by atoms with Crippen LogP contribution >= 0.6 is 11.3 Å². The number of hydrogen-bond donors (Lipinski definition) is 1. The first-order chi connectivity index (χ1) is 10.7. The van der Waals surface area contributed by atoms with Crippen molar-refractivity contribution in [3.63, 3.8) is 0 Å². The molecule has 0 bridgehead atoms. The summed E-state index contributed by atoms with van der Waals surface area (Å²) in [5, 5.41) is 9.16. The molecule has 1 aromatic carbocycles. The number of amides is 2. The van der Waals surface area contributed by atoms with E-state index in [1.165, 1.54) is 11.3 Å². The molecule has 0 atom stereocenters. The molecule has 0 saturated heterocycles. The van der Waals surface area contributed by atoms with Gasteiger partial charge in [-0.25, -0.2) is 9.31 Å². The van der Waals surface area contributed by atoms with Gasteiger partial charge in [0.1, 0.15) is 0 Å². The molecule has 3 rings (SSSR count). The van der Waals surface area contributed by atoms with Gasteiger partial charge in [-0.2, -0.15) is 4.98 Å². The Morgan fingerprint density at radius 2 is 2.00 bits per heavy atom. The second-order valence-electron chi connectivity index (χ2n) is 4.72. The van der Waals surface area contributed by atoms with E-state index in [2.05, 4.69) is 15.4 Å². The minimum Gasteiger partial charge on any atom is -0.325 e. The summed E-state index contributed by atoms with van der Waals surface area (Å²) in [6.45, 7) is 5.19. The van der Waals surface area contributed by atoms with Crippen molar-refractivity contribution in [3.8, 4) is 11.3 Å². The normalized spacial score (nSPS) is 10.8. The number of anilines is 1. The van der Waals surface area contributed by atoms with Gasteiger partial charge in [0.2, 0.25) is 4.96 Å². The molecule has 2 aromatic heterocycles. The van der Waals surface area contributed by atoms with Gasteiger partial charge in [-0.05, 0) is 13.8 Å². The van der Waals surface area contributed by atoms with E-state index in [0.717, 1.165) is 16.2 Å². The molecule has 0 aliphatic rings. The van der Waals surface area contributed by atoms with E-state index in [1.807, 2.05) is 49.6 Å². The molecule has 0 radical (unpaired) electrons. The number of benzene rings is 1. The molecule has 22 heavy (non-hydrogen) atoms. The maximum atomic E-state index is 12.1. The monoisotopic (exact) mass is 315 g/mol. The predicted octanol–water partition coefficient (Wildman–Crippen LogP) is 3.33. The van der Waals surface area contributed by atoms with E-state index in [0.29, 0.717) is 19.0 Å². The number of rotatable bonds is 4. The van der Waals surface area contributed by atoms with E-state index >= 15 is 0 Å². The molecule has 1 N–H and O–H groups in total. The van der Waals surface area contributed by atoms with Crippen molar-refractivity contribution in [2.45, 2.75) is 13.8 Å². The highest BCUT2D eigenvalue weighted by Crippen LogP contribution is 2.25. The van der Waals surface area contributed by atoms with Gasteiger partial charge in [0.15, 0.2) is 0 Å². The number of hydrogen-bond acceptors (Lipinski definition) is 4. The van der Waals surface area contributed by atoms with Gasteiger partial charge >= 0.3 is 6.03 Å². The van der Waals surface area contributed by atoms with Crippen LogP contribution in [0.3, 0.4) is 0 Å². The van der Waals surface area contributed by atoms with Gasteiger partial charge in [0.05, 0.1) is 5.69 Å². The third-order valence-corrected chi connectivity index (χ3v) is 4.24. The minimum atomic E-state index is -0.176. The number of fused-ring (bicyclic) bond motifs is 1. The highest BCUT2D eigenvalue weighted by Gasteiger charge is 2.15. The average molecular weight is 315 g/mol. The molecular formula is C15H17N5OS. The van der Waals surface area contributed by atoms with Gasteiger partial charge in [0.25, 0.3) is 5.95 Å². The van der Waals surface area contributed by atoms with Crippen LogP contribution in [0.25, 0.3) is 16.2 Å². The van der Waals surface area contributed by atoms with Crippen LogP contribution in [0.5, 0.6) is 0 Å². The Bertz CT molecular complexity index is 776. The first-order valence-corrected chi connectivity index (χ1v) is 8.06. The van der Waals surface area contributed by atoms with E-state index < -0.39 is 0 Å². The second kappa shape index (κ2) is 6.15. The van der Waals surface area contributed by atoms with Crippen molar-refractivity contribution in [1.29, 1.82) is 0 Å². The molecule has 0 fully saturated rings. The van der Waals surface area contributed by atoms with Crippen LogP contribution in [0.4, 0.5) is 10.7 Å². The fourth-order valence-corrected chi connectivity index (χ4v) is 3.06. The lowest BCUT2D eigenvalue weighted by molar-refractivity contribution is 0.217. The Hall–Kier alpha value is -2.41. The van der Waals surface area contributed by atoms with Gasteiger partial charge in [0, 0.05) is 24.0 Å². The molecule has 0 aliphatic carbocycles. The first kappa shape index (κ1) is 14.5. The number of nitrogens with zero attached hydrogens (tertiary/aromatic N) is 4. The van der Waals surface area contributed by atoms with Crippen LogP contribution in [0.2, 0.25) is 0 Å². The Kier molecular flexibility index (Phi) is 4.06. The molecule has 0 saturated carbocycles. The summed E-state index contributed by atoms with van der Waals surface area (Å²) in [5.74, 6) is 0.334. The minimum absolute atomic E-state index is 0.176. The Morgan fingerprint density at radius 1 is 1.27 bits per heavy atom. The van der Waals surface area contributed by atoms with Crippen molar-refractivity contribution in [1.82, 2.24) is 19.5 Å². The standard InChI is InChI=1S/C15H17N5OS/c1-3-19(4-2)14(21)16-13-17-15-20(18-13)12(10-22-15)11-8-6-5-7-9-11/h5-10H,3-4H2,1-2H3,(H,16,18,21). The lowest BCUT2D eigenvalue weighted by Crippen LogP contribution is -2.34. The van der Waals surface area contributed by atoms with E-state index in [4.69, 9.17) is 0 Å². The number of carbonyl (C=O) groups excluding carboxylic acids is 1. The Balaban J connectivity index is 1.88. The maximum Gasteiger partial charge on any atom is 0.324 e. The summed E-state index contributed by atoms with van der Waals surface area (Å²) in [5.41, 5.74) is 2.04. The number of carbonyl (C=O) groups is 1. The number of nitrogens with one attached hydrogen (secondary N) is 1. The zero-order chi connectivity index (χ0) is 15.5. The van der Waals surface area contributed by atoms with Crippen LogP contribution in [-0.4, -0.2) is 38.6 Å². The van der Waals surface area contributed by atoms with Crippen molar-refractivity contribution >= 4 is 28.3 Å². The molecule has 3 aromatic rings. The van der Waals surface area contributed by atoms with Gasteiger partial charge < -0.3 is 4.90 Å². The average Bonchev–Trinajstić information content (AvgIpc) is 3.09. The predicted molar refractivity (Wildman–Crippen MR) is 88.2 cm³/mol. The molecule has 2 amide bonds. The van der Waals surface area contributed by atoms with Gasteiger partial charge in [-0.3, -0.25) is 5.32 Å². The number of thiazole rings is 1. The van der Waals surface area contributed by atoms with Crippen LogP contribution in [0, 0.1) is 0 Å². The lowest BCUT2D eigenvalue weighted by atomic mass is 10.2. The summed E-state index contributed by atoms with van der Waals surface area (Å²) in [4.78, 5) is 18.9. The van der Waals surface area contributed by atoms with E-state index in [-0.39, 0.29) is 6.03 Å². The summed E-state index contributed by atoms with van der Waals surface area (Å²) in [7, 11) is 0. The highest BCUT2D eigenvalue weighted by molar-refractivity contribution is 7.15. The molecule has 7 heteroatoms. The zero-order valence-electron chi connectivity index (χ0n) is 12.5. The molecule has 114 valence electrons. The van der Waals surface area contributed by atoms with Crippen LogP contribution < -0.4 is 5.32 Å². The summed E-state index contributed by atoms with van der Waals surface area (Å²) in [6, 6.07) is 9.82. The second-order valence-corrected chi connectivity index (χ2v) is 5.56. The third-order valence-electron chi connectivity index (χ3n) is 3.42. The highest BCUT2D eigenvalue weighted by atomic mass is 32.1. The first-order valence-electron chi connectivity index (χ1n) is 7.18. The van der Waals surface area contributed by atoms with E-state index in [1.54, 1.807) is 9.42 Å². The zero-order valence-corrected chi connectivity index (χ0v) is 13.3. The summed E-state index contributed by atoms with van der Waals surface area (Å²) >= 11 is 1.50. The van der Waals surface area contributed by atoms with Crippen LogP contribution in [0.1, 0.15) is 13.8 Å². The Labute approximate surface area is 132 Å². The lowest BCUT2D eigenvalue weighted by Gasteiger charge is -2.17. The van der Waals surface area contributed by atoms with Crippen LogP contribution in [0.15, 0.2) is 35.7 Å². The fourth-order valence-electron chi connectivity index (χ4n) is 2.23. The van der Waals surface area contributed by atoms with E-state index in [9.17, 15) is 4.79 Å². The van der Waals surface area contributed by atoms with Crippen molar-refractivity contribution in [2.75, 3.05) is 18.4 Å². The molecule has 0 unspecified atom stereocenters. The fraction of sp³-hybridized carbons (Fsp3) is 0.267. The van der Waals surface area contributed by atoms with Crippen molar-refractivity contribution < 1.29 is 4.79 Å². The number of urea groups is 1. The largest absolute Gasteiger partial charge is 0.325 e. The van der Waals surface area contributed by atoms with Crippen LogP contribution in [-0.2, 0) is 0 Å². The molecule has 6 nitrogen and oxygen atoms in total. The van der Waals surface area contributed by atoms with Crippen molar-refractivity contribution in [2.24, 2.45) is 0 Å². The van der Waals surface area contributed by atoms with Gasteiger partial charge in [-0.1, -0.05) is 30.3 Å². The maximum absolute atomic E-state index is 12.1. The van der Waals surface area contributed by atoms with Crippen molar-refractivity contribution in [3.05, 3.63) is 35.7 Å². The smallest absolute Gasteiger partial charge is 0.324 e. The summed E-state index contributed by atoms with van der Waals surface area (Å²) < 4.78 is 1.76. The Morgan fingerprint density at radius 3 is 2.68 bits per heavy atom. The third kappa shape index (κ3) is 2.67. The molecule has 2 heterocycles. The topological polar surface area (TPSA) is 62.5 Å².